The van der Waals surface area contributed by atoms with Crippen LogP contribution in [0.3, 0.4) is 0 Å². The van der Waals surface area contributed by atoms with Crippen molar-refractivity contribution in [1.82, 2.24) is 30.4 Å². The Labute approximate surface area is 250 Å². The Morgan fingerprint density at radius 2 is 1.79 bits per heavy atom. The van der Waals surface area contributed by atoms with Crippen molar-refractivity contribution >= 4 is 23.2 Å². The molecule has 0 spiro atoms. The number of nitrogens with zero attached hydrogens (tertiary/aromatic N) is 5. The van der Waals surface area contributed by atoms with Gasteiger partial charge in [-0.05, 0) is 64.5 Å². The van der Waals surface area contributed by atoms with Crippen molar-refractivity contribution in [2.24, 2.45) is 0 Å². The first-order valence-electron chi connectivity index (χ1n) is 13.5. The first-order valence-corrected chi connectivity index (χ1v) is 14.4. The largest absolute Gasteiger partial charge is 0.454 e. The number of carbonyl (C=O) groups is 2. The van der Waals surface area contributed by atoms with Gasteiger partial charge in [0.05, 0.1) is 4.88 Å². The Morgan fingerprint density at radius 3 is 2.56 bits per heavy atom. The van der Waals surface area contributed by atoms with Crippen LogP contribution in [-0.4, -0.2) is 43.7 Å². The van der Waals surface area contributed by atoms with E-state index >= 15 is 0 Å². The molecule has 0 saturated heterocycles. The molecule has 10 nitrogen and oxygen atoms in total. The molecule has 1 aliphatic heterocycles. The highest BCUT2D eigenvalue weighted by atomic mass is 32.1. The lowest BCUT2D eigenvalue weighted by Crippen LogP contribution is -2.44. The number of aryl methyl sites for hydroxylation is 1. The number of carbonyl (C=O) groups excluding carboxylic acids is 2. The minimum Gasteiger partial charge on any atom is -0.454 e. The molecule has 43 heavy (non-hydrogen) atoms. The van der Waals surface area contributed by atoms with Gasteiger partial charge in [0.2, 0.25) is 24.4 Å². The van der Waals surface area contributed by atoms with Crippen molar-refractivity contribution in [2.45, 2.75) is 32.6 Å². The van der Waals surface area contributed by atoms with Gasteiger partial charge in [-0.2, -0.15) is 4.80 Å². The molecular weight excluding hydrogens is 571 g/mol. The van der Waals surface area contributed by atoms with Crippen LogP contribution in [0.25, 0.3) is 10.7 Å². The normalized spacial score (nSPS) is 12.6. The van der Waals surface area contributed by atoms with Crippen LogP contribution in [-0.2, 0) is 29.2 Å². The van der Waals surface area contributed by atoms with E-state index in [1.807, 2.05) is 54.8 Å². The maximum atomic E-state index is 14.1. The van der Waals surface area contributed by atoms with E-state index in [9.17, 15) is 14.0 Å². The highest BCUT2D eigenvalue weighted by Gasteiger charge is 2.32. The van der Waals surface area contributed by atoms with E-state index in [4.69, 9.17) is 9.47 Å². The topological polar surface area (TPSA) is 111 Å². The monoisotopic (exact) mass is 598 g/mol. The van der Waals surface area contributed by atoms with Crippen LogP contribution in [0.1, 0.15) is 28.3 Å². The molecule has 218 valence electrons. The van der Waals surface area contributed by atoms with Gasteiger partial charge in [-0.25, -0.2) is 4.39 Å². The number of nitrogens with one attached hydrogen (secondary N) is 1. The molecule has 0 aliphatic carbocycles. The zero-order chi connectivity index (χ0) is 29.8. The lowest BCUT2D eigenvalue weighted by atomic mass is 10.0. The van der Waals surface area contributed by atoms with Gasteiger partial charge in [0, 0.05) is 13.1 Å². The fourth-order valence-corrected chi connectivity index (χ4v) is 5.34. The third-order valence-electron chi connectivity index (χ3n) is 6.91. The number of aromatic nitrogens is 4. The smallest absolute Gasteiger partial charge is 0.247 e. The van der Waals surface area contributed by atoms with E-state index in [1.165, 1.54) is 33.2 Å². The fourth-order valence-electron chi connectivity index (χ4n) is 4.70. The Balaban J connectivity index is 1.33. The number of benzene rings is 3. The van der Waals surface area contributed by atoms with E-state index in [-0.39, 0.29) is 32.2 Å². The SMILES string of the molecule is Cc1ccc([C@@H](C(=O)NCc2ccc(F)cc2)N(Cc2ccc3c(c2)OCO3)C(=O)Cn2nnc(-c3cccs3)n2)cc1. The van der Waals surface area contributed by atoms with Gasteiger partial charge in [-0.1, -0.05) is 54.1 Å². The molecule has 0 radical (unpaired) electrons. The van der Waals surface area contributed by atoms with Crippen molar-refractivity contribution in [3.63, 3.8) is 0 Å². The third-order valence-corrected chi connectivity index (χ3v) is 7.78. The predicted octanol–water partition coefficient (Wildman–Crippen LogP) is 4.66. The van der Waals surface area contributed by atoms with Crippen LogP contribution in [0.15, 0.2) is 84.2 Å². The molecule has 1 aliphatic rings. The summed E-state index contributed by atoms with van der Waals surface area (Å²) in [7, 11) is 0. The highest BCUT2D eigenvalue weighted by molar-refractivity contribution is 7.13. The minimum atomic E-state index is -1.00. The van der Waals surface area contributed by atoms with Crippen LogP contribution < -0.4 is 14.8 Å². The Morgan fingerprint density at radius 1 is 1.02 bits per heavy atom. The Hall–Kier alpha value is -5.10. The van der Waals surface area contributed by atoms with E-state index < -0.39 is 17.9 Å². The average Bonchev–Trinajstić information content (AvgIpc) is 3.79. The van der Waals surface area contributed by atoms with Crippen molar-refractivity contribution in [3.8, 4) is 22.2 Å². The number of rotatable bonds is 10. The van der Waals surface area contributed by atoms with E-state index in [2.05, 4.69) is 20.7 Å². The Kier molecular flexibility index (Phi) is 8.09. The summed E-state index contributed by atoms with van der Waals surface area (Å²) in [6.07, 6.45) is 0. The maximum Gasteiger partial charge on any atom is 0.247 e. The Bertz CT molecular complexity index is 1720. The molecular formula is C31H27FN6O4S. The summed E-state index contributed by atoms with van der Waals surface area (Å²) in [5, 5.41) is 17.4. The number of thiophene rings is 1. The van der Waals surface area contributed by atoms with Gasteiger partial charge in [-0.3, -0.25) is 9.59 Å². The van der Waals surface area contributed by atoms with Crippen LogP contribution in [0.5, 0.6) is 11.5 Å². The van der Waals surface area contributed by atoms with Gasteiger partial charge in [0.1, 0.15) is 18.4 Å². The molecule has 0 saturated carbocycles. The van der Waals surface area contributed by atoms with Gasteiger partial charge < -0.3 is 19.7 Å². The second-order valence-electron chi connectivity index (χ2n) is 9.99. The molecule has 2 amide bonds. The quantitative estimate of drug-likeness (QED) is 0.249. The summed E-state index contributed by atoms with van der Waals surface area (Å²) < 4.78 is 24.5. The lowest BCUT2D eigenvalue weighted by Gasteiger charge is -2.31. The zero-order valence-electron chi connectivity index (χ0n) is 23.1. The van der Waals surface area contributed by atoms with Crippen molar-refractivity contribution in [2.75, 3.05) is 6.79 Å². The van der Waals surface area contributed by atoms with Gasteiger partial charge in [-0.15, -0.1) is 21.5 Å². The number of hydrogen-bond acceptors (Lipinski definition) is 8. The van der Waals surface area contributed by atoms with E-state index in [1.54, 1.807) is 24.3 Å². The van der Waals surface area contributed by atoms with Crippen LogP contribution in [0.2, 0.25) is 0 Å². The lowest BCUT2D eigenvalue weighted by molar-refractivity contribution is -0.142. The minimum absolute atomic E-state index is 0.0878. The molecule has 2 aromatic heterocycles. The molecule has 1 N–H and O–H groups in total. The van der Waals surface area contributed by atoms with E-state index in [0.29, 0.717) is 22.9 Å². The van der Waals surface area contributed by atoms with Crippen molar-refractivity contribution in [1.29, 1.82) is 0 Å². The molecule has 1 atom stereocenters. The number of fused-ring (bicyclic) bond motifs is 1. The first-order chi connectivity index (χ1) is 20.9. The summed E-state index contributed by atoms with van der Waals surface area (Å²) in [6.45, 7) is 2.07. The standard InChI is InChI=1S/C31H27FN6O4S/c1-20-4-9-23(10-5-20)29(31(40)33-16-21-6-11-24(32)12-7-21)37(17-22-8-13-25-26(15-22)42-19-41-25)28(39)18-38-35-30(34-36-38)27-3-2-14-43-27/h2-15,29H,16-19H2,1H3,(H,33,40)/t29-/m0/s1. The van der Waals surface area contributed by atoms with Gasteiger partial charge in [0.25, 0.3) is 0 Å². The molecule has 12 heteroatoms. The number of halogens is 1. The number of amides is 2. The summed E-state index contributed by atoms with van der Waals surface area (Å²) in [5.74, 6) is 0.440. The predicted molar refractivity (Wildman–Crippen MR) is 156 cm³/mol. The first kappa shape index (κ1) is 28.0. The third kappa shape index (κ3) is 6.54. The summed E-state index contributed by atoms with van der Waals surface area (Å²) in [5.41, 5.74) is 3.10. The highest BCUT2D eigenvalue weighted by Crippen LogP contribution is 2.34. The zero-order valence-corrected chi connectivity index (χ0v) is 24.0. The molecule has 0 fully saturated rings. The number of hydrogen-bond donors (Lipinski definition) is 1. The number of ether oxygens (including phenoxy) is 2. The van der Waals surface area contributed by atoms with Crippen molar-refractivity contribution in [3.05, 3.63) is 112 Å². The van der Waals surface area contributed by atoms with Crippen molar-refractivity contribution < 1.29 is 23.5 Å². The summed E-state index contributed by atoms with van der Waals surface area (Å²) in [4.78, 5) is 31.6. The molecule has 3 aromatic carbocycles. The summed E-state index contributed by atoms with van der Waals surface area (Å²) >= 11 is 1.47. The second kappa shape index (κ2) is 12.4. The fraction of sp³-hybridized carbons (Fsp3) is 0.194. The molecule has 3 heterocycles. The van der Waals surface area contributed by atoms with E-state index in [0.717, 1.165) is 21.6 Å². The van der Waals surface area contributed by atoms with Crippen LogP contribution >= 0.6 is 11.3 Å². The molecule has 5 aromatic rings. The van der Waals surface area contributed by atoms with Gasteiger partial charge in [0.15, 0.2) is 11.5 Å². The summed E-state index contributed by atoms with van der Waals surface area (Å²) in [6, 6.07) is 21.5. The number of tetrazole rings is 1. The van der Waals surface area contributed by atoms with Crippen LogP contribution in [0.4, 0.5) is 4.39 Å². The van der Waals surface area contributed by atoms with Crippen LogP contribution in [0, 0.1) is 12.7 Å². The van der Waals surface area contributed by atoms with Gasteiger partial charge >= 0.3 is 0 Å². The molecule has 0 bridgehead atoms. The second-order valence-corrected chi connectivity index (χ2v) is 10.9. The molecule has 6 rings (SSSR count). The maximum absolute atomic E-state index is 14.1. The average molecular weight is 599 g/mol. The molecule has 0 unspecified atom stereocenters.